The first-order chi connectivity index (χ1) is 12.9. The van der Waals surface area contributed by atoms with E-state index in [9.17, 15) is 15.0 Å². The van der Waals surface area contributed by atoms with Gasteiger partial charge < -0.3 is 20.0 Å². The van der Waals surface area contributed by atoms with Crippen LogP contribution in [0.15, 0.2) is 24.3 Å². The summed E-state index contributed by atoms with van der Waals surface area (Å²) >= 11 is 0. The Balaban J connectivity index is 1.59. The smallest absolute Gasteiger partial charge is 0.219 e. The van der Waals surface area contributed by atoms with Gasteiger partial charge in [0, 0.05) is 70.9 Å². The molecule has 6 heteroatoms. The zero-order valence-corrected chi connectivity index (χ0v) is 16.6. The van der Waals surface area contributed by atoms with Gasteiger partial charge in [-0.15, -0.1) is 0 Å². The standard InChI is InChI=1S/C21H33N3O3/c1-17-5-3-4-6-20(17)23-9-7-21(27,8-10-23)16-22-11-12-24(18(2)26)14-19(13-22)15-25/h3-6,19,25,27H,7-16H2,1-2H3. The van der Waals surface area contributed by atoms with Crippen molar-refractivity contribution in [1.29, 1.82) is 0 Å². The van der Waals surface area contributed by atoms with Crippen LogP contribution in [0.4, 0.5) is 5.69 Å². The third-order valence-corrected chi connectivity index (χ3v) is 6.05. The van der Waals surface area contributed by atoms with Gasteiger partial charge in [0.15, 0.2) is 0 Å². The van der Waals surface area contributed by atoms with Crippen molar-refractivity contribution in [3.8, 4) is 0 Å². The number of anilines is 1. The van der Waals surface area contributed by atoms with E-state index in [-0.39, 0.29) is 18.4 Å². The number of aliphatic hydroxyl groups excluding tert-OH is 1. The zero-order valence-electron chi connectivity index (χ0n) is 16.6. The maximum Gasteiger partial charge on any atom is 0.219 e. The van der Waals surface area contributed by atoms with Crippen LogP contribution in [0, 0.1) is 12.8 Å². The second kappa shape index (κ2) is 8.59. The molecular formula is C21H33N3O3. The Labute approximate surface area is 162 Å². The summed E-state index contributed by atoms with van der Waals surface area (Å²) < 4.78 is 0. The van der Waals surface area contributed by atoms with E-state index in [0.29, 0.717) is 19.6 Å². The fourth-order valence-corrected chi connectivity index (χ4v) is 4.38. The predicted molar refractivity (Wildman–Crippen MR) is 107 cm³/mol. The van der Waals surface area contributed by atoms with Crippen molar-refractivity contribution in [3.63, 3.8) is 0 Å². The minimum Gasteiger partial charge on any atom is -0.396 e. The largest absolute Gasteiger partial charge is 0.396 e. The second-order valence-corrected chi connectivity index (χ2v) is 8.25. The van der Waals surface area contributed by atoms with Gasteiger partial charge in [-0.1, -0.05) is 18.2 Å². The average molecular weight is 376 g/mol. The van der Waals surface area contributed by atoms with Crippen LogP contribution in [0.5, 0.6) is 0 Å². The van der Waals surface area contributed by atoms with Crippen LogP contribution in [-0.4, -0.2) is 83.9 Å². The quantitative estimate of drug-likeness (QED) is 0.825. The molecule has 0 radical (unpaired) electrons. The molecule has 0 spiro atoms. The van der Waals surface area contributed by atoms with Gasteiger partial charge >= 0.3 is 0 Å². The van der Waals surface area contributed by atoms with Gasteiger partial charge in [0.05, 0.1) is 5.60 Å². The van der Waals surface area contributed by atoms with Crippen molar-refractivity contribution >= 4 is 11.6 Å². The molecule has 2 aliphatic heterocycles. The van der Waals surface area contributed by atoms with E-state index in [1.807, 2.05) is 4.90 Å². The highest BCUT2D eigenvalue weighted by molar-refractivity contribution is 5.73. The highest BCUT2D eigenvalue weighted by Crippen LogP contribution is 2.29. The van der Waals surface area contributed by atoms with Crippen LogP contribution in [0.25, 0.3) is 0 Å². The Hall–Kier alpha value is -1.63. The number of benzene rings is 1. The number of rotatable bonds is 4. The molecular weight excluding hydrogens is 342 g/mol. The summed E-state index contributed by atoms with van der Waals surface area (Å²) in [6, 6.07) is 8.40. The van der Waals surface area contributed by atoms with E-state index in [1.165, 1.54) is 11.3 Å². The molecule has 0 bridgehead atoms. The average Bonchev–Trinajstić information content (AvgIpc) is 2.85. The molecule has 2 saturated heterocycles. The Morgan fingerprint density at radius 3 is 2.48 bits per heavy atom. The van der Waals surface area contributed by atoms with E-state index in [0.717, 1.165) is 39.0 Å². The number of piperidine rings is 1. The van der Waals surface area contributed by atoms with E-state index < -0.39 is 5.60 Å². The molecule has 2 heterocycles. The second-order valence-electron chi connectivity index (χ2n) is 8.25. The molecule has 2 N–H and O–H groups in total. The lowest BCUT2D eigenvalue weighted by Gasteiger charge is -2.42. The lowest BCUT2D eigenvalue weighted by molar-refractivity contribution is -0.129. The summed E-state index contributed by atoms with van der Waals surface area (Å²) in [6.07, 6.45) is 1.47. The van der Waals surface area contributed by atoms with Gasteiger partial charge in [0.1, 0.15) is 0 Å². The van der Waals surface area contributed by atoms with Crippen molar-refractivity contribution in [2.24, 2.45) is 5.92 Å². The first kappa shape index (κ1) is 20.1. The number of carbonyl (C=O) groups is 1. The number of nitrogens with zero attached hydrogens (tertiary/aromatic N) is 3. The lowest BCUT2D eigenvalue weighted by atomic mass is 9.90. The Morgan fingerprint density at radius 2 is 1.85 bits per heavy atom. The number of aliphatic hydroxyl groups is 2. The van der Waals surface area contributed by atoms with Gasteiger partial charge in [0.25, 0.3) is 0 Å². The van der Waals surface area contributed by atoms with Gasteiger partial charge in [0.2, 0.25) is 5.91 Å². The van der Waals surface area contributed by atoms with Crippen LogP contribution >= 0.6 is 0 Å². The molecule has 2 aliphatic rings. The normalized spacial score (nSPS) is 23.9. The summed E-state index contributed by atoms with van der Waals surface area (Å²) in [7, 11) is 0. The summed E-state index contributed by atoms with van der Waals surface area (Å²) in [6.45, 7) is 8.82. The van der Waals surface area contributed by atoms with Crippen LogP contribution in [0.1, 0.15) is 25.3 Å². The minimum atomic E-state index is -0.704. The number of β-amino-alcohol motifs (C(OH)–C–C–N with tert-alkyl or cyclic N) is 1. The molecule has 1 atom stereocenters. The maximum absolute atomic E-state index is 11.7. The van der Waals surface area contributed by atoms with Gasteiger partial charge in [-0.05, 0) is 31.4 Å². The molecule has 27 heavy (non-hydrogen) atoms. The summed E-state index contributed by atoms with van der Waals surface area (Å²) in [5.74, 6) is 0.104. The van der Waals surface area contributed by atoms with Gasteiger partial charge in [-0.2, -0.15) is 0 Å². The van der Waals surface area contributed by atoms with E-state index in [4.69, 9.17) is 0 Å². The molecule has 6 nitrogen and oxygen atoms in total. The molecule has 1 aromatic carbocycles. The van der Waals surface area contributed by atoms with Crippen molar-refractivity contribution in [3.05, 3.63) is 29.8 Å². The van der Waals surface area contributed by atoms with Gasteiger partial charge in [-0.25, -0.2) is 0 Å². The minimum absolute atomic E-state index is 0.0482. The molecule has 0 saturated carbocycles. The SMILES string of the molecule is CC(=O)N1CCN(CC2(O)CCN(c3ccccc3C)CC2)CC(CO)C1. The topological polar surface area (TPSA) is 67.2 Å². The molecule has 1 aromatic rings. The van der Waals surface area contributed by atoms with Crippen molar-refractivity contribution in [2.75, 3.05) is 57.3 Å². The van der Waals surface area contributed by atoms with Gasteiger partial charge in [-0.3, -0.25) is 9.69 Å². The maximum atomic E-state index is 11.7. The van der Waals surface area contributed by atoms with Crippen LogP contribution < -0.4 is 4.90 Å². The molecule has 150 valence electrons. The van der Waals surface area contributed by atoms with Crippen molar-refractivity contribution < 1.29 is 15.0 Å². The van der Waals surface area contributed by atoms with Crippen molar-refractivity contribution in [2.45, 2.75) is 32.3 Å². The Kier molecular flexibility index (Phi) is 6.40. The van der Waals surface area contributed by atoms with Crippen LogP contribution in [-0.2, 0) is 4.79 Å². The fraction of sp³-hybridized carbons (Fsp3) is 0.667. The number of amides is 1. The molecule has 0 aromatic heterocycles. The molecule has 0 aliphatic carbocycles. The third-order valence-electron chi connectivity index (χ3n) is 6.05. The molecule has 1 amide bonds. The van der Waals surface area contributed by atoms with E-state index >= 15 is 0 Å². The molecule has 3 rings (SSSR count). The van der Waals surface area contributed by atoms with E-state index in [1.54, 1.807) is 6.92 Å². The van der Waals surface area contributed by atoms with Crippen LogP contribution in [0.3, 0.4) is 0 Å². The highest BCUT2D eigenvalue weighted by Gasteiger charge is 2.36. The van der Waals surface area contributed by atoms with E-state index in [2.05, 4.69) is 41.0 Å². The van der Waals surface area contributed by atoms with Crippen LogP contribution in [0.2, 0.25) is 0 Å². The first-order valence-electron chi connectivity index (χ1n) is 10.0. The Bertz CT molecular complexity index is 643. The first-order valence-corrected chi connectivity index (χ1v) is 10.0. The third kappa shape index (κ3) is 5.00. The number of hydrogen-bond donors (Lipinski definition) is 2. The predicted octanol–water partition coefficient (Wildman–Crippen LogP) is 1.10. The Morgan fingerprint density at radius 1 is 1.15 bits per heavy atom. The lowest BCUT2D eigenvalue weighted by Crippen LogP contribution is -2.52. The van der Waals surface area contributed by atoms with Crippen molar-refractivity contribution in [1.82, 2.24) is 9.80 Å². The number of aryl methyl sites for hydroxylation is 1. The molecule has 1 unspecified atom stereocenters. The monoisotopic (exact) mass is 375 g/mol. The fourth-order valence-electron chi connectivity index (χ4n) is 4.38. The number of hydrogen-bond acceptors (Lipinski definition) is 5. The summed E-state index contributed by atoms with van der Waals surface area (Å²) in [5.41, 5.74) is 1.82. The zero-order chi connectivity index (χ0) is 19.4. The highest BCUT2D eigenvalue weighted by atomic mass is 16.3. The summed E-state index contributed by atoms with van der Waals surface area (Å²) in [5, 5.41) is 20.8. The summed E-state index contributed by atoms with van der Waals surface area (Å²) in [4.78, 5) is 18.1. The number of para-hydroxylation sites is 1. The number of carbonyl (C=O) groups excluding carboxylic acids is 1. The molecule has 2 fully saturated rings.